The van der Waals surface area contributed by atoms with E-state index in [1.807, 2.05) is 4.90 Å². The second kappa shape index (κ2) is 12.6. The minimum absolute atomic E-state index is 0.0479. The van der Waals surface area contributed by atoms with Gasteiger partial charge in [-0.05, 0) is 54.9 Å². The van der Waals surface area contributed by atoms with Gasteiger partial charge in [0.05, 0.1) is 7.11 Å². The average Bonchev–Trinajstić information content (AvgIpc) is 2.79. The Bertz CT molecular complexity index is 780. The number of methoxy groups -OCH3 is 2. The van der Waals surface area contributed by atoms with Crippen molar-refractivity contribution in [1.82, 2.24) is 15.5 Å². The largest absolute Gasteiger partial charge is 0.497 e. The number of piperidine rings is 1. The average molecular weight is 462 g/mol. The summed E-state index contributed by atoms with van der Waals surface area (Å²) in [7, 11) is 3.19. The van der Waals surface area contributed by atoms with Crippen LogP contribution in [0, 0.1) is 11.3 Å². The van der Waals surface area contributed by atoms with Gasteiger partial charge >= 0.3 is 0 Å². The monoisotopic (exact) mass is 461 g/mol. The minimum Gasteiger partial charge on any atom is -0.497 e. The number of nitrogens with one attached hydrogen (secondary N) is 2. The molecular formula is C25H39N3O5. The van der Waals surface area contributed by atoms with E-state index in [0.717, 1.165) is 0 Å². The fourth-order valence-corrected chi connectivity index (χ4v) is 3.95. The van der Waals surface area contributed by atoms with Crippen LogP contribution in [-0.4, -0.2) is 69.1 Å². The van der Waals surface area contributed by atoms with E-state index in [0.29, 0.717) is 63.2 Å². The van der Waals surface area contributed by atoms with E-state index in [2.05, 4.69) is 31.4 Å². The van der Waals surface area contributed by atoms with Gasteiger partial charge in [0.2, 0.25) is 11.8 Å². The van der Waals surface area contributed by atoms with Crippen LogP contribution >= 0.6 is 0 Å². The number of carbonyl (C=O) groups excluding carboxylic acids is 3. The summed E-state index contributed by atoms with van der Waals surface area (Å²) in [5.74, 6) is 0.247. The summed E-state index contributed by atoms with van der Waals surface area (Å²) < 4.78 is 10.2. The van der Waals surface area contributed by atoms with Gasteiger partial charge < -0.3 is 25.0 Å². The highest BCUT2D eigenvalue weighted by atomic mass is 16.5. The van der Waals surface area contributed by atoms with Gasteiger partial charge in [-0.1, -0.05) is 20.8 Å². The van der Waals surface area contributed by atoms with Crippen LogP contribution < -0.4 is 15.4 Å². The lowest BCUT2D eigenvalue weighted by Crippen LogP contribution is -2.54. The third-order valence-electron chi connectivity index (χ3n) is 5.79. The molecule has 2 N–H and O–H groups in total. The maximum atomic E-state index is 13.0. The van der Waals surface area contributed by atoms with Crippen molar-refractivity contribution in [2.24, 2.45) is 11.3 Å². The Balaban J connectivity index is 2.05. The van der Waals surface area contributed by atoms with Crippen LogP contribution in [0.4, 0.5) is 0 Å². The molecule has 0 bridgehead atoms. The summed E-state index contributed by atoms with van der Waals surface area (Å²) in [5.41, 5.74) is 0.399. The molecule has 1 saturated heterocycles. The summed E-state index contributed by atoms with van der Waals surface area (Å²) in [4.78, 5) is 40.4. The van der Waals surface area contributed by atoms with Crippen LogP contribution in [0.25, 0.3) is 0 Å². The SMILES string of the molecule is COCCCNC(=O)[C@@H](NC(=O)c1ccc(OC)cc1)C1CCN(C(=O)CC(C)(C)C)CC1. The molecule has 1 aliphatic heterocycles. The highest BCUT2D eigenvalue weighted by molar-refractivity contribution is 5.97. The van der Waals surface area contributed by atoms with Crippen LogP contribution in [-0.2, 0) is 14.3 Å². The first-order valence-electron chi connectivity index (χ1n) is 11.6. The number of amides is 3. The maximum Gasteiger partial charge on any atom is 0.251 e. The molecule has 2 rings (SSSR count). The lowest BCUT2D eigenvalue weighted by molar-refractivity contribution is -0.134. The molecule has 8 heteroatoms. The van der Waals surface area contributed by atoms with Crippen LogP contribution in [0.2, 0.25) is 0 Å². The molecule has 0 spiro atoms. The van der Waals surface area contributed by atoms with Crippen molar-refractivity contribution in [3.8, 4) is 5.75 Å². The first-order valence-corrected chi connectivity index (χ1v) is 11.6. The topological polar surface area (TPSA) is 97.0 Å². The van der Waals surface area contributed by atoms with Gasteiger partial charge in [0, 0.05) is 45.3 Å². The summed E-state index contributed by atoms with van der Waals surface area (Å²) in [6, 6.07) is 6.12. The van der Waals surface area contributed by atoms with Crippen LogP contribution in [0.15, 0.2) is 24.3 Å². The van der Waals surface area contributed by atoms with Crippen molar-refractivity contribution in [3.05, 3.63) is 29.8 Å². The van der Waals surface area contributed by atoms with Crippen molar-refractivity contribution in [2.75, 3.05) is 40.5 Å². The van der Waals surface area contributed by atoms with Crippen molar-refractivity contribution >= 4 is 17.7 Å². The van der Waals surface area contributed by atoms with E-state index in [1.54, 1.807) is 38.5 Å². The van der Waals surface area contributed by atoms with E-state index in [1.165, 1.54) is 0 Å². The summed E-state index contributed by atoms with van der Waals surface area (Å²) in [6.07, 6.45) is 2.51. The van der Waals surface area contributed by atoms with Gasteiger partial charge in [0.15, 0.2) is 0 Å². The second-order valence-electron chi connectivity index (χ2n) is 9.77. The summed E-state index contributed by atoms with van der Waals surface area (Å²) >= 11 is 0. The van der Waals surface area contributed by atoms with Gasteiger partial charge in [0.1, 0.15) is 11.8 Å². The van der Waals surface area contributed by atoms with Crippen LogP contribution in [0.3, 0.4) is 0 Å². The molecule has 8 nitrogen and oxygen atoms in total. The van der Waals surface area contributed by atoms with Gasteiger partial charge in [-0.15, -0.1) is 0 Å². The molecular weight excluding hydrogens is 422 g/mol. The third-order valence-corrected chi connectivity index (χ3v) is 5.79. The number of hydrogen-bond donors (Lipinski definition) is 2. The molecule has 0 saturated carbocycles. The summed E-state index contributed by atoms with van der Waals surface area (Å²) in [6.45, 7) is 8.36. The minimum atomic E-state index is -0.665. The molecule has 0 radical (unpaired) electrons. The van der Waals surface area contributed by atoms with Gasteiger partial charge in [0.25, 0.3) is 5.91 Å². The van der Waals surface area contributed by atoms with Crippen molar-refractivity contribution in [1.29, 1.82) is 0 Å². The van der Waals surface area contributed by atoms with Gasteiger partial charge in [-0.3, -0.25) is 14.4 Å². The molecule has 184 valence electrons. The lowest BCUT2D eigenvalue weighted by atomic mass is 9.87. The van der Waals surface area contributed by atoms with Crippen LogP contribution in [0.5, 0.6) is 5.75 Å². The number of benzene rings is 1. The number of rotatable bonds is 10. The zero-order valence-electron chi connectivity index (χ0n) is 20.6. The Morgan fingerprint density at radius 3 is 2.27 bits per heavy atom. The molecule has 33 heavy (non-hydrogen) atoms. The van der Waals surface area contributed by atoms with E-state index < -0.39 is 6.04 Å². The first-order chi connectivity index (χ1) is 15.6. The maximum absolute atomic E-state index is 13.0. The van der Waals surface area contributed by atoms with E-state index in [4.69, 9.17) is 9.47 Å². The smallest absolute Gasteiger partial charge is 0.251 e. The van der Waals surface area contributed by atoms with E-state index >= 15 is 0 Å². The molecule has 1 aromatic rings. The predicted molar refractivity (Wildman–Crippen MR) is 127 cm³/mol. The Hall–Kier alpha value is -2.61. The van der Waals surface area contributed by atoms with Gasteiger partial charge in [-0.2, -0.15) is 0 Å². The number of carbonyl (C=O) groups is 3. The molecule has 0 aliphatic carbocycles. The number of ether oxygens (including phenoxy) is 2. The second-order valence-corrected chi connectivity index (χ2v) is 9.77. The highest BCUT2D eigenvalue weighted by Crippen LogP contribution is 2.25. The Labute approximate surface area is 197 Å². The molecule has 0 unspecified atom stereocenters. The zero-order chi connectivity index (χ0) is 24.4. The Kier molecular flexibility index (Phi) is 10.2. The van der Waals surface area contributed by atoms with Gasteiger partial charge in [-0.25, -0.2) is 0 Å². The molecule has 1 aromatic carbocycles. The number of hydrogen-bond acceptors (Lipinski definition) is 5. The van der Waals surface area contributed by atoms with Crippen molar-refractivity contribution in [2.45, 2.75) is 52.5 Å². The molecule has 1 heterocycles. The lowest BCUT2D eigenvalue weighted by Gasteiger charge is -2.36. The summed E-state index contributed by atoms with van der Waals surface area (Å²) in [5, 5.41) is 5.86. The Morgan fingerprint density at radius 2 is 1.73 bits per heavy atom. The molecule has 3 amide bonds. The fourth-order valence-electron chi connectivity index (χ4n) is 3.95. The first kappa shape index (κ1) is 26.6. The van der Waals surface area contributed by atoms with Crippen molar-refractivity contribution < 1.29 is 23.9 Å². The fraction of sp³-hybridized carbons (Fsp3) is 0.640. The molecule has 1 atom stereocenters. The highest BCUT2D eigenvalue weighted by Gasteiger charge is 2.34. The van der Waals surface area contributed by atoms with Crippen molar-refractivity contribution in [3.63, 3.8) is 0 Å². The predicted octanol–water partition coefficient (Wildman–Crippen LogP) is 2.62. The quantitative estimate of drug-likeness (QED) is 0.522. The molecule has 0 aromatic heterocycles. The van der Waals surface area contributed by atoms with Crippen LogP contribution in [0.1, 0.15) is 56.8 Å². The number of likely N-dealkylation sites (tertiary alicyclic amines) is 1. The zero-order valence-corrected chi connectivity index (χ0v) is 20.6. The third kappa shape index (κ3) is 8.68. The van der Waals surface area contributed by atoms with E-state index in [-0.39, 0.29) is 29.1 Å². The molecule has 1 aliphatic rings. The molecule has 1 fully saturated rings. The number of nitrogens with zero attached hydrogens (tertiary/aromatic N) is 1. The standard InChI is InChI=1S/C25H39N3O5/c1-25(2,3)17-21(29)28-14-11-18(12-15-28)22(24(31)26-13-6-16-32-4)27-23(30)19-7-9-20(33-5)10-8-19/h7-10,18,22H,6,11-17H2,1-5H3,(H,26,31)(H,27,30)/t22-/m0/s1. The normalized spacial score (nSPS) is 15.6. The Morgan fingerprint density at radius 1 is 1.09 bits per heavy atom. The van der Waals surface area contributed by atoms with E-state index in [9.17, 15) is 14.4 Å².